The number of fused-ring (bicyclic) bond motifs is 1. The van der Waals surface area contributed by atoms with Gasteiger partial charge in [0, 0.05) is 86.2 Å². The third-order valence-electron chi connectivity index (χ3n) is 11.0. The van der Waals surface area contributed by atoms with Crippen LogP contribution in [0.15, 0.2) is 103 Å². The van der Waals surface area contributed by atoms with Crippen molar-refractivity contribution in [2.75, 3.05) is 105 Å². The summed E-state index contributed by atoms with van der Waals surface area (Å²) < 4.78 is 22.3. The van der Waals surface area contributed by atoms with Crippen LogP contribution in [0.3, 0.4) is 0 Å². The first-order valence-electron chi connectivity index (χ1n) is 21.7. The maximum atomic E-state index is 14.4. The zero-order valence-corrected chi connectivity index (χ0v) is 36.8. The van der Waals surface area contributed by atoms with E-state index in [1.165, 1.54) is 5.56 Å². The molecule has 0 saturated carbocycles. The predicted molar refractivity (Wildman–Crippen MR) is 248 cm³/mol. The van der Waals surface area contributed by atoms with Gasteiger partial charge in [-0.2, -0.15) is 4.98 Å². The highest BCUT2D eigenvalue weighted by Gasteiger charge is 2.34. The number of ether oxygens (including phenoxy) is 4. The largest absolute Gasteiger partial charge is 0.497 e. The van der Waals surface area contributed by atoms with Crippen LogP contribution in [-0.2, 0) is 38.6 Å². The van der Waals surface area contributed by atoms with Crippen molar-refractivity contribution in [2.24, 2.45) is 0 Å². The number of amides is 4. The molecule has 4 amide bonds. The summed E-state index contributed by atoms with van der Waals surface area (Å²) in [5.74, 6) is 1.86. The maximum absolute atomic E-state index is 14.4. The lowest BCUT2D eigenvalue weighted by Gasteiger charge is -2.36. The summed E-state index contributed by atoms with van der Waals surface area (Å²) in [5.41, 5.74) is 6.01. The average Bonchev–Trinajstić information content (AvgIpc) is 3.33. The normalized spacial score (nSPS) is 13.9. The Labute approximate surface area is 374 Å². The first-order chi connectivity index (χ1) is 31.3. The van der Waals surface area contributed by atoms with E-state index in [0.717, 1.165) is 55.1 Å². The zero-order chi connectivity index (χ0) is 44.7. The Bertz CT molecular complexity index is 2290. The SMILES string of the molecule is CCC(=O)Nc1ccc(CN2C(=O)N(c3cc(OC)cc(OC)c3)Cc3cnc(Nc4ccc(N5CCN(CC(=O)NCCOCCOCCc6ccccc6)CC5)cc4)nc32)cc1. The van der Waals surface area contributed by atoms with Crippen molar-refractivity contribution < 1.29 is 33.3 Å². The van der Waals surface area contributed by atoms with Gasteiger partial charge in [0.2, 0.25) is 17.8 Å². The Hall–Kier alpha value is -6.75. The minimum atomic E-state index is -0.280. The smallest absolute Gasteiger partial charge is 0.330 e. The van der Waals surface area contributed by atoms with Crippen molar-refractivity contribution in [2.45, 2.75) is 32.9 Å². The van der Waals surface area contributed by atoms with Crippen LogP contribution < -0.4 is 40.1 Å². The van der Waals surface area contributed by atoms with E-state index >= 15 is 0 Å². The fraction of sp³-hybridized carbons (Fsp3) is 0.354. The highest BCUT2D eigenvalue weighted by atomic mass is 16.5. The van der Waals surface area contributed by atoms with E-state index in [0.29, 0.717) is 80.6 Å². The van der Waals surface area contributed by atoms with Crippen LogP contribution >= 0.6 is 0 Å². The maximum Gasteiger partial charge on any atom is 0.330 e. The van der Waals surface area contributed by atoms with Crippen LogP contribution in [0.5, 0.6) is 11.5 Å². The summed E-state index contributed by atoms with van der Waals surface area (Å²) in [4.78, 5) is 56.3. The Morgan fingerprint density at radius 3 is 2.11 bits per heavy atom. The molecular weight excluding hydrogens is 815 g/mol. The standard InChI is InChI=1S/C48H57N9O7/c1-4-44(58)51-38-12-10-36(11-13-38)32-57-46-37(33-56(48(57)60)41-28-42(61-2)30-43(29-41)62-3)31-50-47(53-46)52-39-14-16-40(17-15-39)55-22-20-54(21-23-55)34-45(59)49-19-25-64-27-26-63-24-18-35-8-6-5-7-9-35/h5-17,28-31H,4,18-27,32-34H2,1-3H3,(H,49,59)(H,51,58)(H,50,52,53). The number of methoxy groups -OCH3 is 2. The van der Waals surface area contributed by atoms with Gasteiger partial charge in [0.05, 0.1) is 66.0 Å². The minimum Gasteiger partial charge on any atom is -0.497 e. The van der Waals surface area contributed by atoms with Gasteiger partial charge in [0.25, 0.3) is 0 Å². The summed E-state index contributed by atoms with van der Waals surface area (Å²) in [7, 11) is 3.14. The molecule has 0 unspecified atom stereocenters. The monoisotopic (exact) mass is 871 g/mol. The number of benzene rings is 4. The van der Waals surface area contributed by atoms with Crippen molar-refractivity contribution in [3.8, 4) is 11.5 Å². The number of piperazine rings is 1. The average molecular weight is 872 g/mol. The van der Waals surface area contributed by atoms with Gasteiger partial charge < -0.3 is 39.8 Å². The molecule has 3 heterocycles. The summed E-state index contributed by atoms with van der Waals surface area (Å²) in [6.07, 6.45) is 2.99. The number of carbonyl (C=O) groups is 3. The fourth-order valence-electron chi connectivity index (χ4n) is 7.42. The molecule has 4 aromatic carbocycles. The van der Waals surface area contributed by atoms with Crippen LogP contribution in [0, 0.1) is 0 Å². The number of anilines is 6. The van der Waals surface area contributed by atoms with Gasteiger partial charge in [0.1, 0.15) is 17.3 Å². The van der Waals surface area contributed by atoms with E-state index < -0.39 is 0 Å². The summed E-state index contributed by atoms with van der Waals surface area (Å²) in [6.45, 7) is 8.31. The molecular formula is C48H57N9O7. The number of aromatic nitrogens is 2. The lowest BCUT2D eigenvalue weighted by atomic mass is 10.1. The molecule has 2 aliphatic heterocycles. The summed E-state index contributed by atoms with van der Waals surface area (Å²) >= 11 is 0. The van der Waals surface area contributed by atoms with Gasteiger partial charge >= 0.3 is 6.03 Å². The molecule has 16 nitrogen and oxygen atoms in total. The van der Waals surface area contributed by atoms with E-state index in [-0.39, 0.29) is 30.9 Å². The Kier molecular flexibility index (Phi) is 16.0. The van der Waals surface area contributed by atoms with Crippen LogP contribution in [0.2, 0.25) is 0 Å². The highest BCUT2D eigenvalue weighted by molar-refractivity contribution is 6.05. The number of hydrogen-bond acceptors (Lipinski definition) is 12. The molecule has 0 spiro atoms. The number of nitrogens with zero attached hydrogens (tertiary/aromatic N) is 6. The van der Waals surface area contributed by atoms with E-state index in [4.69, 9.17) is 23.9 Å². The van der Waals surface area contributed by atoms with Gasteiger partial charge in [0.15, 0.2) is 0 Å². The second-order valence-corrected chi connectivity index (χ2v) is 15.4. The number of nitrogens with one attached hydrogen (secondary N) is 3. The summed E-state index contributed by atoms with van der Waals surface area (Å²) in [5, 5.41) is 9.15. The Morgan fingerprint density at radius 2 is 1.42 bits per heavy atom. The fourth-order valence-corrected chi connectivity index (χ4v) is 7.42. The van der Waals surface area contributed by atoms with Gasteiger partial charge in [-0.1, -0.05) is 49.4 Å². The van der Waals surface area contributed by atoms with Crippen LogP contribution in [0.25, 0.3) is 0 Å². The lowest BCUT2D eigenvalue weighted by Crippen LogP contribution is -2.49. The molecule has 2 aliphatic rings. The molecule has 336 valence electrons. The Morgan fingerprint density at radius 1 is 0.734 bits per heavy atom. The van der Waals surface area contributed by atoms with E-state index in [1.807, 2.05) is 54.6 Å². The first-order valence-corrected chi connectivity index (χ1v) is 21.7. The molecule has 3 N–H and O–H groups in total. The molecule has 0 atom stereocenters. The van der Waals surface area contributed by atoms with Crippen LogP contribution in [-0.4, -0.2) is 113 Å². The number of hydrogen-bond donors (Lipinski definition) is 3. The lowest BCUT2D eigenvalue weighted by molar-refractivity contribution is -0.122. The quantitative estimate of drug-likeness (QED) is 0.0713. The highest BCUT2D eigenvalue weighted by Crippen LogP contribution is 2.36. The molecule has 1 aromatic heterocycles. The molecule has 0 aliphatic carbocycles. The number of carbonyl (C=O) groups excluding carboxylic acids is 3. The molecule has 0 radical (unpaired) electrons. The van der Waals surface area contributed by atoms with Crippen LogP contribution in [0.1, 0.15) is 30.0 Å². The van der Waals surface area contributed by atoms with Gasteiger partial charge in [-0.15, -0.1) is 0 Å². The van der Waals surface area contributed by atoms with E-state index in [2.05, 4.69) is 55.0 Å². The van der Waals surface area contributed by atoms with Crippen LogP contribution in [0.4, 0.5) is 39.3 Å². The topological polar surface area (TPSA) is 163 Å². The first kappa shape index (κ1) is 45.3. The molecule has 7 rings (SSSR count). The molecule has 0 bridgehead atoms. The molecule has 1 saturated heterocycles. The summed E-state index contributed by atoms with van der Waals surface area (Å²) in [6, 6.07) is 30.8. The van der Waals surface area contributed by atoms with Crippen molar-refractivity contribution >= 4 is 52.4 Å². The van der Waals surface area contributed by atoms with Crippen molar-refractivity contribution in [1.29, 1.82) is 0 Å². The second-order valence-electron chi connectivity index (χ2n) is 15.4. The third kappa shape index (κ3) is 12.5. The van der Waals surface area contributed by atoms with Crippen molar-refractivity contribution in [3.05, 3.63) is 120 Å². The van der Waals surface area contributed by atoms with E-state index in [9.17, 15) is 14.4 Å². The zero-order valence-electron chi connectivity index (χ0n) is 36.8. The molecule has 5 aromatic rings. The van der Waals surface area contributed by atoms with Crippen molar-refractivity contribution in [1.82, 2.24) is 20.2 Å². The molecule has 1 fully saturated rings. The minimum absolute atomic E-state index is 0.00826. The second kappa shape index (κ2) is 22.6. The van der Waals surface area contributed by atoms with E-state index in [1.54, 1.807) is 55.3 Å². The Balaban J connectivity index is 0.910. The molecule has 64 heavy (non-hydrogen) atoms. The van der Waals surface area contributed by atoms with Gasteiger partial charge in [-0.05, 0) is 53.9 Å². The number of urea groups is 1. The third-order valence-corrected chi connectivity index (χ3v) is 11.0. The van der Waals surface area contributed by atoms with Gasteiger partial charge in [-0.3, -0.25) is 24.3 Å². The predicted octanol–water partition coefficient (Wildman–Crippen LogP) is 6.25. The number of rotatable bonds is 21. The van der Waals surface area contributed by atoms with Crippen molar-refractivity contribution in [3.63, 3.8) is 0 Å². The molecule has 16 heteroatoms. The van der Waals surface area contributed by atoms with Gasteiger partial charge in [-0.25, -0.2) is 9.78 Å².